The molecule has 5 heteroatoms. The number of carbonyl (C=O) groups excluding carboxylic acids is 1. The molecular formula is C27H30ClN3O. The van der Waals surface area contributed by atoms with Gasteiger partial charge < -0.3 is 4.90 Å². The molecule has 1 aromatic carbocycles. The minimum atomic E-state index is -0.0239. The van der Waals surface area contributed by atoms with Gasteiger partial charge in [0, 0.05) is 47.7 Å². The van der Waals surface area contributed by atoms with Gasteiger partial charge in [-0.25, -0.2) is 0 Å². The largest absolute Gasteiger partial charge is 0.339 e. The molecule has 32 heavy (non-hydrogen) atoms. The van der Waals surface area contributed by atoms with Gasteiger partial charge in [0.05, 0.1) is 10.7 Å². The van der Waals surface area contributed by atoms with Crippen LogP contribution in [-0.4, -0.2) is 33.9 Å². The van der Waals surface area contributed by atoms with Crippen LogP contribution < -0.4 is 0 Å². The smallest absolute Gasteiger partial charge is 0.253 e. The third-order valence-corrected chi connectivity index (χ3v) is 6.50. The van der Waals surface area contributed by atoms with Gasteiger partial charge in [-0.3, -0.25) is 14.8 Å². The zero-order valence-corrected chi connectivity index (χ0v) is 20.0. The summed E-state index contributed by atoms with van der Waals surface area (Å²) in [4.78, 5) is 23.9. The summed E-state index contributed by atoms with van der Waals surface area (Å²) in [5, 5.41) is 0.538. The van der Waals surface area contributed by atoms with Crippen LogP contribution in [0.3, 0.4) is 0 Å². The summed E-state index contributed by atoms with van der Waals surface area (Å²) < 4.78 is 0. The van der Waals surface area contributed by atoms with Gasteiger partial charge in [0.25, 0.3) is 5.91 Å². The van der Waals surface area contributed by atoms with E-state index in [1.807, 2.05) is 41.4 Å². The second-order valence-corrected chi connectivity index (χ2v) is 10.2. The number of rotatable bonds is 3. The molecule has 1 aliphatic heterocycles. The Kier molecular flexibility index (Phi) is 6.34. The van der Waals surface area contributed by atoms with Crippen molar-refractivity contribution in [2.24, 2.45) is 5.92 Å². The Morgan fingerprint density at radius 3 is 2.28 bits per heavy atom. The van der Waals surface area contributed by atoms with E-state index >= 15 is 0 Å². The lowest BCUT2D eigenvalue weighted by Crippen LogP contribution is -2.37. The molecule has 1 amide bonds. The number of pyridine rings is 2. The summed E-state index contributed by atoms with van der Waals surface area (Å²) in [6, 6.07) is 13.7. The summed E-state index contributed by atoms with van der Waals surface area (Å²) in [7, 11) is 0. The fourth-order valence-corrected chi connectivity index (χ4v) is 4.31. The molecule has 0 atom stereocenters. The monoisotopic (exact) mass is 447 g/mol. The van der Waals surface area contributed by atoms with E-state index in [0.717, 1.165) is 54.0 Å². The van der Waals surface area contributed by atoms with Crippen molar-refractivity contribution in [3.63, 3.8) is 0 Å². The van der Waals surface area contributed by atoms with Gasteiger partial charge in [-0.2, -0.15) is 0 Å². The van der Waals surface area contributed by atoms with Crippen molar-refractivity contribution in [2.75, 3.05) is 13.1 Å². The van der Waals surface area contributed by atoms with Gasteiger partial charge in [-0.05, 0) is 66.3 Å². The molecule has 4 rings (SSSR count). The van der Waals surface area contributed by atoms with Crippen molar-refractivity contribution >= 4 is 17.5 Å². The molecule has 0 bridgehead atoms. The van der Waals surface area contributed by atoms with Crippen molar-refractivity contribution in [3.05, 3.63) is 71.1 Å². The first-order valence-electron chi connectivity index (χ1n) is 11.2. The van der Waals surface area contributed by atoms with Crippen molar-refractivity contribution in [1.29, 1.82) is 0 Å². The Hall–Kier alpha value is -2.72. The second kappa shape index (κ2) is 9.03. The molecular weight excluding hydrogens is 418 g/mol. The number of nitrogens with zero attached hydrogens (tertiary/aromatic N) is 3. The Balaban J connectivity index is 1.60. The quantitative estimate of drug-likeness (QED) is 0.452. The number of piperidine rings is 1. The van der Waals surface area contributed by atoms with E-state index < -0.39 is 0 Å². The maximum atomic E-state index is 12.9. The van der Waals surface area contributed by atoms with Crippen molar-refractivity contribution in [1.82, 2.24) is 14.9 Å². The van der Waals surface area contributed by atoms with E-state index in [0.29, 0.717) is 16.5 Å². The van der Waals surface area contributed by atoms with Crippen LogP contribution in [0.2, 0.25) is 5.02 Å². The summed E-state index contributed by atoms with van der Waals surface area (Å²) in [5.41, 5.74) is 5.41. The molecule has 0 radical (unpaired) electrons. The number of hydrogen-bond acceptors (Lipinski definition) is 3. The Bertz CT molecular complexity index is 1130. The first-order valence-corrected chi connectivity index (χ1v) is 11.6. The van der Waals surface area contributed by atoms with Crippen LogP contribution in [0.5, 0.6) is 0 Å². The minimum absolute atomic E-state index is 0.0239. The Morgan fingerprint density at radius 2 is 1.62 bits per heavy atom. The van der Waals surface area contributed by atoms with E-state index in [-0.39, 0.29) is 11.3 Å². The van der Waals surface area contributed by atoms with Gasteiger partial charge in [0.15, 0.2) is 0 Å². The number of likely N-dealkylation sites (tertiary alicyclic amines) is 1. The highest BCUT2D eigenvalue weighted by atomic mass is 35.5. The lowest BCUT2D eigenvalue weighted by Gasteiger charge is -2.30. The fraction of sp³-hybridized carbons (Fsp3) is 0.370. The Morgan fingerprint density at radius 1 is 0.969 bits per heavy atom. The standard InChI is InChI=1S/C27H30ClN3O/c1-18-9-13-31(14-10-18)26(32)21-5-6-22(23(28)15-21)24-16-19(7-11-29-24)20-8-12-30-25(17-20)27(2,3)4/h5-8,11-12,15-18H,9-10,13-14H2,1-4H3. The van der Waals surface area contributed by atoms with E-state index in [9.17, 15) is 4.79 Å². The zero-order chi connectivity index (χ0) is 22.9. The maximum absolute atomic E-state index is 12.9. The first kappa shape index (κ1) is 22.5. The molecule has 0 N–H and O–H groups in total. The van der Waals surface area contributed by atoms with Crippen LogP contribution >= 0.6 is 11.6 Å². The van der Waals surface area contributed by atoms with Gasteiger partial charge >= 0.3 is 0 Å². The third kappa shape index (κ3) is 4.86. The van der Waals surface area contributed by atoms with Gasteiger partial charge in [-0.1, -0.05) is 45.4 Å². The Labute approximate surface area is 195 Å². The van der Waals surface area contributed by atoms with E-state index in [4.69, 9.17) is 11.6 Å². The summed E-state index contributed by atoms with van der Waals surface area (Å²) in [6.07, 6.45) is 5.76. The van der Waals surface area contributed by atoms with Gasteiger partial charge in [0.1, 0.15) is 0 Å². The number of aromatic nitrogens is 2. The lowest BCUT2D eigenvalue weighted by molar-refractivity contribution is 0.0697. The van der Waals surface area contributed by atoms with Gasteiger partial charge in [0.2, 0.25) is 0 Å². The molecule has 0 unspecified atom stereocenters. The molecule has 1 fully saturated rings. The van der Waals surface area contributed by atoms with Crippen LogP contribution in [0.1, 0.15) is 56.6 Å². The van der Waals surface area contributed by atoms with Crippen LogP contribution in [-0.2, 0) is 5.41 Å². The predicted octanol–water partition coefficient (Wildman–Crippen LogP) is 6.63. The average Bonchev–Trinajstić information content (AvgIpc) is 2.78. The molecule has 1 aliphatic rings. The van der Waals surface area contributed by atoms with Crippen LogP contribution in [0, 0.1) is 5.92 Å². The highest BCUT2D eigenvalue weighted by Crippen LogP contribution is 2.32. The van der Waals surface area contributed by atoms with E-state index in [1.165, 1.54) is 0 Å². The fourth-order valence-electron chi connectivity index (χ4n) is 4.03. The minimum Gasteiger partial charge on any atom is -0.339 e. The zero-order valence-electron chi connectivity index (χ0n) is 19.2. The number of hydrogen-bond donors (Lipinski definition) is 0. The number of benzene rings is 1. The molecule has 3 heterocycles. The summed E-state index contributed by atoms with van der Waals surface area (Å²) in [6.45, 7) is 10.3. The first-order chi connectivity index (χ1) is 15.2. The number of carbonyl (C=O) groups is 1. The SMILES string of the molecule is CC1CCN(C(=O)c2ccc(-c3cc(-c4ccnc(C(C)(C)C)c4)ccn3)c(Cl)c2)CC1. The third-order valence-electron chi connectivity index (χ3n) is 6.18. The van der Waals surface area contributed by atoms with Crippen LogP contribution in [0.25, 0.3) is 22.4 Å². The van der Waals surface area contributed by atoms with Crippen molar-refractivity contribution < 1.29 is 4.79 Å². The number of halogens is 1. The highest BCUT2D eigenvalue weighted by molar-refractivity contribution is 6.33. The van der Waals surface area contributed by atoms with Crippen LogP contribution in [0.15, 0.2) is 54.9 Å². The van der Waals surface area contributed by atoms with E-state index in [1.54, 1.807) is 12.3 Å². The van der Waals surface area contributed by atoms with Crippen molar-refractivity contribution in [2.45, 2.75) is 46.0 Å². The molecule has 4 nitrogen and oxygen atoms in total. The molecule has 0 spiro atoms. The van der Waals surface area contributed by atoms with Crippen molar-refractivity contribution in [3.8, 4) is 22.4 Å². The molecule has 1 saturated heterocycles. The van der Waals surface area contributed by atoms with Gasteiger partial charge in [-0.15, -0.1) is 0 Å². The highest BCUT2D eigenvalue weighted by Gasteiger charge is 2.22. The molecule has 0 saturated carbocycles. The van der Waals surface area contributed by atoms with E-state index in [2.05, 4.69) is 43.7 Å². The number of amides is 1. The second-order valence-electron chi connectivity index (χ2n) is 9.78. The predicted molar refractivity (Wildman–Crippen MR) is 131 cm³/mol. The summed E-state index contributed by atoms with van der Waals surface area (Å²) >= 11 is 6.63. The normalized spacial score (nSPS) is 15.1. The molecule has 166 valence electrons. The summed E-state index contributed by atoms with van der Waals surface area (Å²) in [5.74, 6) is 0.738. The van der Waals surface area contributed by atoms with Crippen LogP contribution in [0.4, 0.5) is 0 Å². The lowest BCUT2D eigenvalue weighted by atomic mass is 9.90. The molecule has 2 aromatic heterocycles. The molecule has 3 aromatic rings. The molecule has 0 aliphatic carbocycles. The average molecular weight is 448 g/mol. The topological polar surface area (TPSA) is 46.1 Å². The maximum Gasteiger partial charge on any atom is 0.253 e.